The van der Waals surface area contributed by atoms with Gasteiger partial charge in [-0.15, -0.1) is 0 Å². The van der Waals surface area contributed by atoms with Gasteiger partial charge in [0.2, 0.25) is 11.8 Å². The topological polar surface area (TPSA) is 87.5 Å². The molecule has 0 aliphatic carbocycles. The lowest BCUT2D eigenvalue weighted by Gasteiger charge is -2.37. The number of unbranched alkanes of at least 4 members (excludes halogenated alkanes) is 2. The van der Waals surface area contributed by atoms with E-state index in [9.17, 15) is 9.59 Å². The number of benzene rings is 2. The largest absolute Gasteiger partial charge is 0.369 e. The van der Waals surface area contributed by atoms with Crippen LogP contribution in [0.5, 0.6) is 0 Å². The molecule has 1 aliphatic rings. The van der Waals surface area contributed by atoms with Crippen molar-refractivity contribution in [1.29, 1.82) is 0 Å². The molecule has 3 rings (SSSR count). The fourth-order valence-corrected chi connectivity index (χ4v) is 5.00. The maximum absolute atomic E-state index is 13.1. The second-order valence-electron chi connectivity index (χ2n) is 8.63. The van der Waals surface area contributed by atoms with Gasteiger partial charge in [0.05, 0.1) is 6.54 Å². The van der Waals surface area contributed by atoms with E-state index in [0.717, 1.165) is 63.0 Å². The van der Waals surface area contributed by atoms with Crippen molar-refractivity contribution >= 4 is 11.8 Å². The van der Waals surface area contributed by atoms with Crippen molar-refractivity contribution in [3.63, 3.8) is 0 Å². The summed E-state index contributed by atoms with van der Waals surface area (Å²) in [5, 5.41) is 5.77. The highest BCUT2D eigenvalue weighted by Gasteiger charge is 2.49. The molecule has 1 heterocycles. The number of likely N-dealkylation sites (N-methyl/N-ethyl adjacent to an activating group) is 1. The highest BCUT2D eigenvalue weighted by Crippen LogP contribution is 2.43. The van der Waals surface area contributed by atoms with Gasteiger partial charge in [0.1, 0.15) is 5.41 Å². The van der Waals surface area contributed by atoms with E-state index in [1.807, 2.05) is 60.7 Å². The highest BCUT2D eigenvalue weighted by atomic mass is 16.2. The summed E-state index contributed by atoms with van der Waals surface area (Å²) in [6.07, 6.45) is 4.06. The second kappa shape index (κ2) is 11.8. The Hall–Kier alpha value is -2.70. The Balaban J connectivity index is 1.63. The minimum Gasteiger partial charge on any atom is -0.369 e. The molecule has 1 saturated heterocycles. The first kappa shape index (κ1) is 24.0. The van der Waals surface area contributed by atoms with Crippen molar-refractivity contribution in [1.82, 2.24) is 15.5 Å². The first-order valence-electron chi connectivity index (χ1n) is 11.6. The molecule has 0 aromatic heterocycles. The van der Waals surface area contributed by atoms with Crippen LogP contribution in [-0.4, -0.2) is 56.5 Å². The lowest BCUT2D eigenvalue weighted by molar-refractivity contribution is -0.124. The number of hydrogen-bond acceptors (Lipinski definition) is 4. The van der Waals surface area contributed by atoms with Crippen LogP contribution in [0.25, 0.3) is 0 Å². The molecule has 0 saturated carbocycles. The van der Waals surface area contributed by atoms with E-state index < -0.39 is 5.41 Å². The number of rotatable bonds is 12. The second-order valence-corrected chi connectivity index (χ2v) is 8.63. The third-order valence-corrected chi connectivity index (χ3v) is 6.54. The van der Waals surface area contributed by atoms with Crippen LogP contribution in [0.4, 0.5) is 0 Å². The van der Waals surface area contributed by atoms with Crippen molar-refractivity contribution in [2.75, 3.05) is 39.8 Å². The van der Waals surface area contributed by atoms with Crippen LogP contribution in [0.1, 0.15) is 36.8 Å². The Morgan fingerprint density at radius 2 is 1.62 bits per heavy atom. The maximum atomic E-state index is 13.1. The van der Waals surface area contributed by atoms with Crippen LogP contribution in [0, 0.1) is 5.92 Å². The first-order valence-corrected chi connectivity index (χ1v) is 11.6. The summed E-state index contributed by atoms with van der Waals surface area (Å²) in [6, 6.07) is 20.0. The Bertz CT molecular complexity index is 817. The number of carbonyl (C=O) groups excluding carboxylic acids is 2. The Morgan fingerprint density at radius 3 is 2.19 bits per heavy atom. The molecule has 0 bridgehead atoms. The summed E-state index contributed by atoms with van der Waals surface area (Å²) < 4.78 is 0. The van der Waals surface area contributed by atoms with Crippen LogP contribution in [0.15, 0.2) is 60.7 Å². The van der Waals surface area contributed by atoms with Crippen molar-refractivity contribution in [2.45, 2.75) is 31.1 Å². The molecule has 0 spiro atoms. The van der Waals surface area contributed by atoms with Gasteiger partial charge < -0.3 is 21.3 Å². The zero-order valence-corrected chi connectivity index (χ0v) is 19.1. The van der Waals surface area contributed by atoms with Gasteiger partial charge in [0.15, 0.2) is 0 Å². The predicted octanol–water partition coefficient (Wildman–Crippen LogP) is 2.29. The summed E-state index contributed by atoms with van der Waals surface area (Å²) in [7, 11) is 1.77. The lowest BCUT2D eigenvalue weighted by atomic mass is 9.64. The van der Waals surface area contributed by atoms with Gasteiger partial charge >= 0.3 is 0 Å². The Kier molecular flexibility index (Phi) is 8.82. The molecule has 4 N–H and O–H groups in total. The predicted molar refractivity (Wildman–Crippen MR) is 128 cm³/mol. The molecule has 2 aromatic carbocycles. The van der Waals surface area contributed by atoms with Crippen molar-refractivity contribution in [3.8, 4) is 0 Å². The molecule has 1 aliphatic heterocycles. The molecule has 1 atom stereocenters. The van der Waals surface area contributed by atoms with E-state index >= 15 is 0 Å². The van der Waals surface area contributed by atoms with Crippen molar-refractivity contribution < 1.29 is 9.59 Å². The number of hydrogen-bond donors (Lipinski definition) is 3. The summed E-state index contributed by atoms with van der Waals surface area (Å²) in [5.74, 6) is -0.107. The molecule has 1 fully saturated rings. The molecule has 6 heteroatoms. The zero-order chi connectivity index (χ0) is 22.8. The summed E-state index contributed by atoms with van der Waals surface area (Å²) >= 11 is 0. The van der Waals surface area contributed by atoms with E-state index in [1.54, 1.807) is 7.05 Å². The van der Waals surface area contributed by atoms with E-state index in [1.165, 1.54) is 0 Å². The van der Waals surface area contributed by atoms with Crippen LogP contribution in [-0.2, 0) is 15.0 Å². The van der Waals surface area contributed by atoms with E-state index in [0.29, 0.717) is 6.54 Å². The molecule has 0 radical (unpaired) electrons. The van der Waals surface area contributed by atoms with Gasteiger partial charge in [-0.25, -0.2) is 0 Å². The molecule has 6 nitrogen and oxygen atoms in total. The Labute approximate surface area is 191 Å². The van der Waals surface area contributed by atoms with Crippen molar-refractivity contribution in [3.05, 3.63) is 71.8 Å². The minimum atomic E-state index is -0.825. The van der Waals surface area contributed by atoms with Crippen LogP contribution >= 0.6 is 0 Å². The summed E-state index contributed by atoms with van der Waals surface area (Å²) in [6.45, 7) is 3.90. The number of likely N-dealkylation sites (tertiary alicyclic amines) is 1. The number of primary amides is 1. The van der Waals surface area contributed by atoms with Gasteiger partial charge in [0, 0.05) is 13.1 Å². The van der Waals surface area contributed by atoms with Crippen LogP contribution in [0.2, 0.25) is 0 Å². The normalized spacial score (nSPS) is 16.7. The zero-order valence-electron chi connectivity index (χ0n) is 19.1. The molecule has 2 amide bonds. The van der Waals surface area contributed by atoms with Crippen molar-refractivity contribution in [2.24, 2.45) is 11.7 Å². The van der Waals surface area contributed by atoms with E-state index in [2.05, 4.69) is 15.5 Å². The van der Waals surface area contributed by atoms with Crippen LogP contribution < -0.4 is 16.4 Å². The molecular formula is C26H36N4O2. The molecular weight excluding hydrogens is 400 g/mol. The highest BCUT2D eigenvalue weighted by molar-refractivity contribution is 5.91. The van der Waals surface area contributed by atoms with E-state index in [-0.39, 0.29) is 17.7 Å². The third-order valence-electron chi connectivity index (χ3n) is 6.54. The minimum absolute atomic E-state index is 0.0412. The molecule has 32 heavy (non-hydrogen) atoms. The number of nitrogens with zero attached hydrogens (tertiary/aromatic N) is 1. The van der Waals surface area contributed by atoms with Crippen LogP contribution in [0.3, 0.4) is 0 Å². The average Bonchev–Trinajstić information content (AvgIpc) is 3.27. The molecule has 2 aromatic rings. The fourth-order valence-electron chi connectivity index (χ4n) is 5.00. The number of nitrogens with one attached hydrogen (secondary N) is 2. The van der Waals surface area contributed by atoms with Gasteiger partial charge in [-0.3, -0.25) is 9.59 Å². The van der Waals surface area contributed by atoms with E-state index in [4.69, 9.17) is 5.73 Å². The van der Waals surface area contributed by atoms with Gasteiger partial charge in [-0.05, 0) is 56.4 Å². The van der Waals surface area contributed by atoms with Gasteiger partial charge in [0.25, 0.3) is 0 Å². The SMILES string of the molecule is CNCC(=O)NCCCCCN1CC[C@@H](C(C(N)=O)(c2ccccc2)c2ccccc2)C1. The van der Waals surface area contributed by atoms with Gasteiger partial charge in [-0.1, -0.05) is 67.1 Å². The lowest BCUT2D eigenvalue weighted by Crippen LogP contribution is -2.49. The summed E-state index contributed by atoms with van der Waals surface area (Å²) in [4.78, 5) is 27.1. The van der Waals surface area contributed by atoms with Gasteiger partial charge in [-0.2, -0.15) is 0 Å². The Morgan fingerprint density at radius 1 is 1.00 bits per heavy atom. The number of nitrogens with two attached hydrogens (primary N) is 1. The third kappa shape index (κ3) is 5.56. The first-order chi connectivity index (χ1) is 15.6. The quantitative estimate of drug-likeness (QED) is 0.446. The molecule has 172 valence electrons. The smallest absolute Gasteiger partial charge is 0.233 e. The standard InChI is InChI=1S/C26H36N4O2/c1-28-19-24(31)29-16-9-4-10-17-30-18-15-23(20-30)26(25(27)32,21-11-5-2-6-12-21)22-13-7-3-8-14-22/h2-3,5-8,11-14,23,28H,4,9-10,15-20H2,1H3,(H2,27,32)(H,29,31)/t23-/m1/s1. The summed E-state index contributed by atoms with van der Waals surface area (Å²) in [5.41, 5.74) is 7.29. The number of amides is 2. The fraction of sp³-hybridized carbons (Fsp3) is 0.462. The maximum Gasteiger partial charge on any atom is 0.233 e. The number of carbonyl (C=O) groups is 2. The average molecular weight is 437 g/mol. The monoisotopic (exact) mass is 436 g/mol. The molecule has 0 unspecified atom stereocenters.